The summed E-state index contributed by atoms with van der Waals surface area (Å²) in [5.74, 6) is -0.486. The first kappa shape index (κ1) is 60.6. The van der Waals surface area contributed by atoms with E-state index >= 15 is 0 Å². The Hall–Kier alpha value is -1.44. The Balaban J connectivity index is 2.35. The molecule has 376 valence electrons. The normalized spacial score (nSPS) is 21.9. The molecule has 64 heavy (non-hydrogen) atoms. The van der Waals surface area contributed by atoms with Crippen LogP contribution in [0.25, 0.3) is 0 Å². The molecule has 0 heterocycles. The van der Waals surface area contributed by atoms with E-state index in [4.69, 9.17) is 18.5 Å². The van der Waals surface area contributed by atoms with Crippen LogP contribution in [-0.4, -0.2) is 98.9 Å². The molecule has 0 aromatic heterocycles. The first-order valence-corrected chi connectivity index (χ1v) is 27.3. The molecule has 0 spiro atoms. The Morgan fingerprint density at radius 3 is 1.33 bits per heavy atom. The summed E-state index contributed by atoms with van der Waals surface area (Å²) in [5.41, 5.74) is 0. The largest absolute Gasteiger partial charge is 0.472 e. The number of allylic oxidation sites excluding steroid dienone is 6. The summed E-state index contributed by atoms with van der Waals surface area (Å²) in [5, 5.41) is 50.3. The topological polar surface area (TPSA) is 192 Å². The van der Waals surface area contributed by atoms with Gasteiger partial charge in [-0.1, -0.05) is 198 Å². The summed E-state index contributed by atoms with van der Waals surface area (Å²) in [4.78, 5) is 23.2. The van der Waals surface area contributed by atoms with Crippen molar-refractivity contribution in [2.45, 2.75) is 262 Å². The Labute approximate surface area is 389 Å². The molecule has 1 saturated carbocycles. The fraction of sp³-hybridized carbons (Fsp3) is 0.863. The number of esters is 1. The third-order valence-corrected chi connectivity index (χ3v) is 13.0. The molecule has 1 aliphatic rings. The molecular formula is C51H95O12P. The Bertz CT molecular complexity index is 1200. The predicted octanol–water partition coefficient (Wildman–Crippen LogP) is 11.4. The number of aliphatic hydroxyl groups is 5. The molecule has 0 aliphatic heterocycles. The first-order chi connectivity index (χ1) is 31.0. The molecule has 6 atom stereocenters. The van der Waals surface area contributed by atoms with Gasteiger partial charge in [0, 0.05) is 13.0 Å². The molecule has 6 unspecified atom stereocenters. The van der Waals surface area contributed by atoms with Crippen LogP contribution in [0.4, 0.5) is 0 Å². The van der Waals surface area contributed by atoms with Crippen LogP contribution in [0.2, 0.25) is 0 Å². The highest BCUT2D eigenvalue weighted by molar-refractivity contribution is 7.47. The summed E-state index contributed by atoms with van der Waals surface area (Å²) in [7, 11) is -5.02. The minimum atomic E-state index is -5.02. The second kappa shape index (κ2) is 41.7. The van der Waals surface area contributed by atoms with Crippen molar-refractivity contribution in [3.05, 3.63) is 36.5 Å². The van der Waals surface area contributed by atoms with Gasteiger partial charge in [-0.3, -0.25) is 13.8 Å². The molecule has 1 aliphatic carbocycles. The van der Waals surface area contributed by atoms with Gasteiger partial charge in [-0.15, -0.1) is 0 Å². The zero-order valence-electron chi connectivity index (χ0n) is 40.3. The standard InChI is InChI=1S/C51H95O12P/c1-3-5-7-9-11-13-15-17-19-21-22-23-24-25-26-28-30-32-34-36-38-40-45(52)62-44(43-61-64(58,59)63-51-49(56)47(54)46(53)48(55)50(51)57)42-60-41-39-37-35-33-31-29-27-20-18-16-14-12-10-8-6-4-2/h15,17,21-22,24-25,44,46-51,53-57H,3-14,16,18-20,23,26-43H2,1-2H3,(H,58,59)/b17-15-,22-21-,25-24-. The maximum atomic E-state index is 12.8. The lowest BCUT2D eigenvalue weighted by atomic mass is 9.85. The Morgan fingerprint density at radius 1 is 0.500 bits per heavy atom. The van der Waals surface area contributed by atoms with Crippen LogP contribution in [-0.2, 0) is 27.9 Å². The molecule has 1 rings (SSSR count). The number of phosphoric acid groups is 1. The average molecular weight is 931 g/mol. The van der Waals surface area contributed by atoms with E-state index in [0.29, 0.717) is 13.0 Å². The van der Waals surface area contributed by atoms with Crippen LogP contribution in [0.15, 0.2) is 36.5 Å². The van der Waals surface area contributed by atoms with Gasteiger partial charge in [0.1, 0.15) is 42.7 Å². The average Bonchev–Trinajstić information content (AvgIpc) is 3.28. The van der Waals surface area contributed by atoms with E-state index in [1.54, 1.807) is 0 Å². The van der Waals surface area contributed by atoms with Gasteiger partial charge >= 0.3 is 13.8 Å². The highest BCUT2D eigenvalue weighted by atomic mass is 31.2. The maximum Gasteiger partial charge on any atom is 0.472 e. The van der Waals surface area contributed by atoms with Gasteiger partial charge in [0.2, 0.25) is 0 Å². The zero-order chi connectivity index (χ0) is 46.9. The van der Waals surface area contributed by atoms with Crippen molar-refractivity contribution < 1.29 is 58.3 Å². The zero-order valence-corrected chi connectivity index (χ0v) is 41.2. The van der Waals surface area contributed by atoms with Crippen molar-refractivity contribution in [2.24, 2.45) is 0 Å². The Morgan fingerprint density at radius 2 is 0.875 bits per heavy atom. The quantitative estimate of drug-likeness (QED) is 0.0147. The van der Waals surface area contributed by atoms with Gasteiger partial charge in [-0.25, -0.2) is 4.57 Å². The molecule has 6 N–H and O–H groups in total. The number of hydrogen-bond donors (Lipinski definition) is 6. The Kier molecular flexibility index (Phi) is 39.5. The van der Waals surface area contributed by atoms with E-state index in [1.165, 1.54) is 122 Å². The van der Waals surface area contributed by atoms with Gasteiger partial charge in [0.15, 0.2) is 0 Å². The smallest absolute Gasteiger partial charge is 0.457 e. The van der Waals surface area contributed by atoms with E-state index in [-0.39, 0.29) is 13.0 Å². The highest BCUT2D eigenvalue weighted by Gasteiger charge is 2.51. The van der Waals surface area contributed by atoms with Gasteiger partial charge in [-0.2, -0.15) is 0 Å². The molecule has 0 saturated heterocycles. The predicted molar refractivity (Wildman–Crippen MR) is 258 cm³/mol. The van der Waals surface area contributed by atoms with E-state index in [0.717, 1.165) is 70.6 Å². The monoisotopic (exact) mass is 931 g/mol. The lowest BCUT2D eigenvalue weighted by Crippen LogP contribution is -2.64. The summed E-state index contributed by atoms with van der Waals surface area (Å²) < 4.78 is 34.3. The number of unbranched alkanes of at least 4 members (excludes halogenated alkanes) is 26. The van der Waals surface area contributed by atoms with Crippen LogP contribution in [0, 0.1) is 0 Å². The summed E-state index contributed by atoms with van der Waals surface area (Å²) in [6.07, 6.45) is 37.8. The van der Waals surface area contributed by atoms with Crippen LogP contribution < -0.4 is 0 Å². The number of carbonyl (C=O) groups excluding carboxylic acids is 1. The van der Waals surface area contributed by atoms with Gasteiger partial charge in [0.25, 0.3) is 0 Å². The molecule has 13 heteroatoms. The second-order valence-electron chi connectivity index (χ2n) is 18.0. The van der Waals surface area contributed by atoms with Crippen LogP contribution in [0.5, 0.6) is 0 Å². The number of rotatable bonds is 44. The van der Waals surface area contributed by atoms with Crippen molar-refractivity contribution in [1.29, 1.82) is 0 Å². The van der Waals surface area contributed by atoms with E-state index < -0.39 is 63.1 Å². The van der Waals surface area contributed by atoms with E-state index in [1.807, 2.05) is 0 Å². The van der Waals surface area contributed by atoms with Crippen molar-refractivity contribution in [1.82, 2.24) is 0 Å². The molecule has 0 bridgehead atoms. The van der Waals surface area contributed by atoms with Crippen LogP contribution in [0.3, 0.4) is 0 Å². The summed E-state index contributed by atoms with van der Waals surface area (Å²) >= 11 is 0. The number of ether oxygens (including phenoxy) is 2. The molecule has 0 amide bonds. The number of hydrogen-bond acceptors (Lipinski definition) is 11. The van der Waals surface area contributed by atoms with Crippen molar-refractivity contribution >= 4 is 13.8 Å². The van der Waals surface area contributed by atoms with E-state index in [9.17, 15) is 39.8 Å². The van der Waals surface area contributed by atoms with Gasteiger partial charge in [-0.05, 0) is 51.4 Å². The fourth-order valence-corrected chi connectivity index (χ4v) is 8.87. The number of phosphoric ester groups is 1. The van der Waals surface area contributed by atoms with Crippen molar-refractivity contribution in [3.8, 4) is 0 Å². The van der Waals surface area contributed by atoms with Crippen molar-refractivity contribution in [2.75, 3.05) is 19.8 Å². The first-order valence-electron chi connectivity index (χ1n) is 25.8. The van der Waals surface area contributed by atoms with E-state index in [2.05, 4.69) is 50.3 Å². The van der Waals surface area contributed by atoms with Crippen molar-refractivity contribution in [3.63, 3.8) is 0 Å². The lowest BCUT2D eigenvalue weighted by molar-refractivity contribution is -0.220. The molecule has 0 aromatic rings. The molecule has 0 aromatic carbocycles. The summed E-state index contributed by atoms with van der Waals surface area (Å²) in [6.45, 7) is 4.26. The lowest BCUT2D eigenvalue weighted by Gasteiger charge is -2.41. The van der Waals surface area contributed by atoms with Crippen LogP contribution >= 0.6 is 7.82 Å². The number of carbonyl (C=O) groups is 1. The SMILES string of the molecule is CCCCCCC/C=C\C/C=C\C/C=C\CCCCCCCCC(=O)OC(COCCCCCCCCCCCCCCCCCC)COP(=O)(O)OC1C(O)C(O)C(O)C(O)C1O. The van der Waals surface area contributed by atoms with Gasteiger partial charge in [0.05, 0.1) is 13.2 Å². The molecular weight excluding hydrogens is 836 g/mol. The highest BCUT2D eigenvalue weighted by Crippen LogP contribution is 2.47. The van der Waals surface area contributed by atoms with Gasteiger partial charge < -0.3 is 39.9 Å². The minimum absolute atomic E-state index is 0.0792. The maximum absolute atomic E-state index is 12.8. The molecule has 1 fully saturated rings. The fourth-order valence-electron chi connectivity index (χ4n) is 7.89. The third kappa shape index (κ3) is 33.1. The summed E-state index contributed by atoms with van der Waals surface area (Å²) in [6, 6.07) is 0. The third-order valence-electron chi connectivity index (χ3n) is 12.0. The number of aliphatic hydroxyl groups excluding tert-OH is 5. The van der Waals surface area contributed by atoms with Crippen LogP contribution in [0.1, 0.15) is 219 Å². The molecule has 12 nitrogen and oxygen atoms in total. The molecule has 0 radical (unpaired) electrons. The minimum Gasteiger partial charge on any atom is -0.457 e. The second-order valence-corrected chi connectivity index (χ2v) is 19.4.